The summed E-state index contributed by atoms with van der Waals surface area (Å²) in [5, 5.41) is 3.66. The Bertz CT molecular complexity index is 379. The second kappa shape index (κ2) is 7.31. The molecule has 0 bridgehead atoms. The summed E-state index contributed by atoms with van der Waals surface area (Å²) >= 11 is 2.07. The van der Waals surface area contributed by atoms with E-state index in [1.807, 2.05) is 6.20 Å². The SMILES string of the molecule is CCNC(Cc1nccn1CC)C1CSCCN1C. The van der Waals surface area contributed by atoms with E-state index in [1.165, 1.54) is 23.9 Å². The fourth-order valence-corrected chi connectivity index (χ4v) is 4.06. The highest BCUT2D eigenvalue weighted by Gasteiger charge is 2.28. The van der Waals surface area contributed by atoms with Gasteiger partial charge in [-0.2, -0.15) is 11.8 Å². The lowest BCUT2D eigenvalue weighted by molar-refractivity contribution is 0.213. The van der Waals surface area contributed by atoms with Crippen molar-refractivity contribution in [2.75, 3.05) is 31.6 Å². The fraction of sp³-hybridized carbons (Fsp3) is 0.786. The van der Waals surface area contributed by atoms with Crippen LogP contribution in [-0.2, 0) is 13.0 Å². The average Bonchev–Trinajstić information content (AvgIpc) is 2.86. The van der Waals surface area contributed by atoms with Crippen molar-refractivity contribution in [1.82, 2.24) is 19.8 Å². The van der Waals surface area contributed by atoms with Crippen LogP contribution in [0.3, 0.4) is 0 Å². The van der Waals surface area contributed by atoms with Crippen molar-refractivity contribution >= 4 is 11.8 Å². The molecule has 2 atom stereocenters. The Morgan fingerprint density at radius 2 is 2.37 bits per heavy atom. The normalized spacial score (nSPS) is 22.6. The first-order valence-corrected chi connectivity index (χ1v) is 8.43. The summed E-state index contributed by atoms with van der Waals surface area (Å²) in [6, 6.07) is 1.11. The number of nitrogens with zero attached hydrogens (tertiary/aromatic N) is 3. The van der Waals surface area contributed by atoms with E-state index in [-0.39, 0.29) is 0 Å². The van der Waals surface area contributed by atoms with Crippen LogP contribution < -0.4 is 5.32 Å². The Morgan fingerprint density at radius 3 is 3.05 bits per heavy atom. The molecule has 2 heterocycles. The zero-order chi connectivity index (χ0) is 13.7. The van der Waals surface area contributed by atoms with Gasteiger partial charge in [-0.25, -0.2) is 4.98 Å². The number of thioether (sulfide) groups is 1. The molecule has 0 aliphatic carbocycles. The fourth-order valence-electron chi connectivity index (χ4n) is 2.75. The van der Waals surface area contributed by atoms with Crippen molar-refractivity contribution in [2.45, 2.75) is 38.9 Å². The molecule has 1 aliphatic rings. The van der Waals surface area contributed by atoms with E-state index in [0.717, 1.165) is 19.5 Å². The Balaban J connectivity index is 2.06. The highest BCUT2D eigenvalue weighted by Crippen LogP contribution is 2.19. The first kappa shape index (κ1) is 14.9. The summed E-state index contributed by atoms with van der Waals surface area (Å²) in [7, 11) is 2.25. The molecule has 0 amide bonds. The topological polar surface area (TPSA) is 33.1 Å². The number of aromatic nitrogens is 2. The lowest BCUT2D eigenvalue weighted by atomic mass is 10.0. The van der Waals surface area contributed by atoms with Crippen LogP contribution in [0, 0.1) is 0 Å². The van der Waals surface area contributed by atoms with Gasteiger partial charge in [-0.15, -0.1) is 0 Å². The first-order chi connectivity index (χ1) is 9.26. The van der Waals surface area contributed by atoms with Crippen LogP contribution in [0.25, 0.3) is 0 Å². The molecule has 1 saturated heterocycles. The largest absolute Gasteiger partial charge is 0.335 e. The minimum atomic E-state index is 0.496. The van der Waals surface area contributed by atoms with Crippen molar-refractivity contribution in [2.24, 2.45) is 0 Å². The van der Waals surface area contributed by atoms with Gasteiger partial charge in [0, 0.05) is 55.5 Å². The van der Waals surface area contributed by atoms with Gasteiger partial charge in [-0.1, -0.05) is 6.92 Å². The van der Waals surface area contributed by atoms with Gasteiger partial charge in [-0.3, -0.25) is 0 Å². The van der Waals surface area contributed by atoms with E-state index in [2.05, 4.69) is 58.6 Å². The maximum absolute atomic E-state index is 4.53. The third-order valence-corrected chi connectivity index (χ3v) is 4.97. The van der Waals surface area contributed by atoms with Crippen LogP contribution in [-0.4, -0.2) is 58.2 Å². The quantitative estimate of drug-likeness (QED) is 0.856. The van der Waals surface area contributed by atoms with Crippen molar-refractivity contribution in [3.63, 3.8) is 0 Å². The molecular formula is C14H26N4S. The summed E-state index contributed by atoms with van der Waals surface area (Å²) in [5.41, 5.74) is 0. The molecule has 1 aromatic heterocycles. The van der Waals surface area contributed by atoms with Crippen LogP contribution in [0.5, 0.6) is 0 Å². The predicted octanol–water partition coefficient (Wildman–Crippen LogP) is 1.47. The van der Waals surface area contributed by atoms with E-state index in [0.29, 0.717) is 12.1 Å². The molecule has 19 heavy (non-hydrogen) atoms. The summed E-state index contributed by atoms with van der Waals surface area (Å²) < 4.78 is 2.25. The number of likely N-dealkylation sites (N-methyl/N-ethyl adjacent to an activating group) is 2. The molecular weight excluding hydrogens is 256 g/mol. The van der Waals surface area contributed by atoms with Gasteiger partial charge in [0.15, 0.2) is 0 Å². The van der Waals surface area contributed by atoms with Crippen LogP contribution >= 0.6 is 11.8 Å². The van der Waals surface area contributed by atoms with E-state index in [4.69, 9.17) is 0 Å². The molecule has 2 unspecified atom stereocenters. The lowest BCUT2D eigenvalue weighted by Gasteiger charge is -2.38. The molecule has 0 spiro atoms. The van der Waals surface area contributed by atoms with Crippen molar-refractivity contribution in [3.8, 4) is 0 Å². The highest BCUT2D eigenvalue weighted by atomic mass is 32.2. The van der Waals surface area contributed by atoms with E-state index in [1.54, 1.807) is 0 Å². The highest BCUT2D eigenvalue weighted by molar-refractivity contribution is 7.99. The van der Waals surface area contributed by atoms with E-state index in [9.17, 15) is 0 Å². The molecule has 0 radical (unpaired) electrons. The van der Waals surface area contributed by atoms with Crippen LogP contribution in [0.15, 0.2) is 12.4 Å². The van der Waals surface area contributed by atoms with E-state index >= 15 is 0 Å². The van der Waals surface area contributed by atoms with Gasteiger partial charge in [0.2, 0.25) is 0 Å². The van der Waals surface area contributed by atoms with Gasteiger partial charge in [-0.05, 0) is 20.5 Å². The molecule has 4 nitrogen and oxygen atoms in total. The molecule has 1 N–H and O–H groups in total. The first-order valence-electron chi connectivity index (χ1n) is 7.27. The summed E-state index contributed by atoms with van der Waals surface area (Å²) in [6.45, 7) is 7.58. The predicted molar refractivity (Wildman–Crippen MR) is 82.8 cm³/mol. The molecule has 2 rings (SSSR count). The number of aryl methyl sites for hydroxylation is 1. The lowest BCUT2D eigenvalue weighted by Crippen LogP contribution is -2.53. The summed E-state index contributed by atoms with van der Waals surface area (Å²) in [6.07, 6.45) is 5.02. The molecule has 0 saturated carbocycles. The smallest absolute Gasteiger partial charge is 0.110 e. The third kappa shape index (κ3) is 3.74. The molecule has 0 aromatic carbocycles. The third-order valence-electron chi connectivity index (χ3n) is 3.92. The van der Waals surface area contributed by atoms with Crippen LogP contribution in [0.4, 0.5) is 0 Å². The van der Waals surface area contributed by atoms with Gasteiger partial charge < -0.3 is 14.8 Å². The summed E-state index contributed by atoms with van der Waals surface area (Å²) in [5.74, 6) is 3.69. The minimum Gasteiger partial charge on any atom is -0.335 e. The summed E-state index contributed by atoms with van der Waals surface area (Å²) in [4.78, 5) is 7.03. The average molecular weight is 282 g/mol. The Morgan fingerprint density at radius 1 is 1.53 bits per heavy atom. The van der Waals surface area contributed by atoms with Crippen molar-refractivity contribution in [3.05, 3.63) is 18.2 Å². The monoisotopic (exact) mass is 282 g/mol. The maximum Gasteiger partial charge on any atom is 0.110 e. The standard InChI is InChI=1S/C14H26N4S/c1-4-15-12(13-11-19-9-8-17(13)3)10-14-16-6-7-18(14)5-2/h6-7,12-13,15H,4-5,8-11H2,1-3H3. The Labute approximate surface area is 121 Å². The molecule has 1 fully saturated rings. The van der Waals surface area contributed by atoms with Crippen LogP contribution in [0.1, 0.15) is 19.7 Å². The zero-order valence-corrected chi connectivity index (χ0v) is 13.1. The Hall–Kier alpha value is -0.520. The number of hydrogen-bond donors (Lipinski definition) is 1. The number of rotatable bonds is 6. The van der Waals surface area contributed by atoms with Crippen molar-refractivity contribution < 1.29 is 0 Å². The molecule has 5 heteroatoms. The van der Waals surface area contributed by atoms with Gasteiger partial charge in [0.05, 0.1) is 0 Å². The van der Waals surface area contributed by atoms with Crippen LogP contribution in [0.2, 0.25) is 0 Å². The Kier molecular flexibility index (Phi) is 5.73. The van der Waals surface area contributed by atoms with Crippen molar-refractivity contribution in [1.29, 1.82) is 0 Å². The molecule has 1 aromatic rings. The molecule has 1 aliphatic heterocycles. The second-order valence-corrected chi connectivity index (χ2v) is 6.27. The molecule has 108 valence electrons. The number of nitrogens with one attached hydrogen (secondary N) is 1. The number of imidazole rings is 1. The zero-order valence-electron chi connectivity index (χ0n) is 12.3. The van der Waals surface area contributed by atoms with Gasteiger partial charge >= 0.3 is 0 Å². The van der Waals surface area contributed by atoms with Gasteiger partial charge in [0.25, 0.3) is 0 Å². The maximum atomic E-state index is 4.53. The second-order valence-electron chi connectivity index (χ2n) is 5.12. The van der Waals surface area contributed by atoms with Gasteiger partial charge in [0.1, 0.15) is 5.82 Å². The number of hydrogen-bond acceptors (Lipinski definition) is 4. The minimum absolute atomic E-state index is 0.496. The van der Waals surface area contributed by atoms with E-state index < -0.39 is 0 Å².